The number of aliphatic hydroxyl groups excluding tert-OH is 1. The van der Waals surface area contributed by atoms with Crippen molar-refractivity contribution < 1.29 is 23.8 Å². The number of Topliss-reactive ketones (excluding diaryl/α,β-unsaturated/α-hetero) is 1. The maximum Gasteiger partial charge on any atom is 0.300 e. The topological polar surface area (TPSA) is 80.0 Å². The third-order valence-electron chi connectivity index (χ3n) is 5.60. The monoisotopic (exact) mass is 465 g/mol. The summed E-state index contributed by atoms with van der Waals surface area (Å²) in [6.07, 6.45) is 2.33. The SMILES string of the molecule is CCCOc1ccc(/C(O)=C2/C(=O)C(=O)N(c3cc(Cl)ccc3C)C2c2ccco2)cc1C. The molecular weight excluding hydrogens is 442 g/mol. The number of anilines is 1. The summed E-state index contributed by atoms with van der Waals surface area (Å²) in [6, 6.07) is 12.7. The van der Waals surface area contributed by atoms with Gasteiger partial charge in [-0.25, -0.2) is 0 Å². The van der Waals surface area contributed by atoms with E-state index in [0.717, 1.165) is 17.5 Å². The Morgan fingerprint density at radius 3 is 2.58 bits per heavy atom. The van der Waals surface area contributed by atoms with Crippen LogP contribution in [0.3, 0.4) is 0 Å². The van der Waals surface area contributed by atoms with Crippen molar-refractivity contribution in [3.63, 3.8) is 0 Å². The molecule has 1 N–H and O–H groups in total. The number of rotatable bonds is 6. The highest BCUT2D eigenvalue weighted by Gasteiger charge is 2.48. The van der Waals surface area contributed by atoms with Crippen LogP contribution < -0.4 is 9.64 Å². The van der Waals surface area contributed by atoms with E-state index in [2.05, 4.69) is 0 Å². The number of hydrogen-bond donors (Lipinski definition) is 1. The molecule has 0 spiro atoms. The lowest BCUT2D eigenvalue weighted by atomic mass is 9.98. The van der Waals surface area contributed by atoms with Crippen molar-refractivity contribution in [2.45, 2.75) is 33.2 Å². The van der Waals surface area contributed by atoms with Crippen molar-refractivity contribution in [1.82, 2.24) is 0 Å². The number of aryl methyl sites for hydroxylation is 2. The normalized spacial score (nSPS) is 17.6. The van der Waals surface area contributed by atoms with E-state index < -0.39 is 17.7 Å². The molecular formula is C26H24ClNO5. The molecule has 33 heavy (non-hydrogen) atoms. The van der Waals surface area contributed by atoms with E-state index in [1.165, 1.54) is 11.2 Å². The summed E-state index contributed by atoms with van der Waals surface area (Å²) in [4.78, 5) is 27.7. The number of furan rings is 1. The Balaban J connectivity index is 1.87. The summed E-state index contributed by atoms with van der Waals surface area (Å²) in [5, 5.41) is 11.7. The first-order valence-electron chi connectivity index (χ1n) is 10.7. The number of nitrogens with zero attached hydrogens (tertiary/aromatic N) is 1. The van der Waals surface area contributed by atoms with Crippen molar-refractivity contribution in [2.24, 2.45) is 0 Å². The van der Waals surface area contributed by atoms with Gasteiger partial charge in [0.05, 0.1) is 18.4 Å². The number of hydrogen-bond acceptors (Lipinski definition) is 5. The molecule has 4 rings (SSSR count). The summed E-state index contributed by atoms with van der Waals surface area (Å²) in [7, 11) is 0. The highest BCUT2D eigenvalue weighted by molar-refractivity contribution is 6.51. The van der Waals surface area contributed by atoms with Gasteiger partial charge in [-0.3, -0.25) is 14.5 Å². The number of carbonyl (C=O) groups excluding carboxylic acids is 2. The first kappa shape index (κ1) is 22.7. The van der Waals surface area contributed by atoms with Crippen molar-refractivity contribution >= 4 is 34.7 Å². The number of amides is 1. The molecule has 3 aromatic rings. The molecule has 1 aliphatic rings. The van der Waals surface area contributed by atoms with E-state index >= 15 is 0 Å². The van der Waals surface area contributed by atoms with Gasteiger partial charge in [-0.15, -0.1) is 0 Å². The Morgan fingerprint density at radius 1 is 1.12 bits per heavy atom. The van der Waals surface area contributed by atoms with Crippen LogP contribution in [0.15, 0.2) is 64.8 Å². The van der Waals surface area contributed by atoms with Crippen molar-refractivity contribution in [1.29, 1.82) is 0 Å². The van der Waals surface area contributed by atoms with Crippen LogP contribution in [0.4, 0.5) is 5.69 Å². The molecule has 170 valence electrons. The second-order valence-electron chi connectivity index (χ2n) is 7.94. The smallest absolute Gasteiger partial charge is 0.300 e. The van der Waals surface area contributed by atoms with Crippen LogP contribution in [0.5, 0.6) is 5.75 Å². The van der Waals surface area contributed by atoms with Gasteiger partial charge in [-0.1, -0.05) is 24.6 Å². The molecule has 1 fully saturated rings. The molecule has 6 nitrogen and oxygen atoms in total. The van der Waals surface area contributed by atoms with Crippen LogP contribution in [0, 0.1) is 13.8 Å². The zero-order valence-corrected chi connectivity index (χ0v) is 19.3. The summed E-state index contributed by atoms with van der Waals surface area (Å²) < 4.78 is 11.3. The third-order valence-corrected chi connectivity index (χ3v) is 5.83. The Labute approximate surface area is 197 Å². The predicted molar refractivity (Wildman–Crippen MR) is 127 cm³/mol. The molecule has 0 saturated carbocycles. The van der Waals surface area contributed by atoms with Crippen molar-refractivity contribution in [2.75, 3.05) is 11.5 Å². The lowest BCUT2D eigenvalue weighted by Crippen LogP contribution is -2.30. The van der Waals surface area contributed by atoms with Crippen LogP contribution in [-0.4, -0.2) is 23.4 Å². The van der Waals surface area contributed by atoms with Gasteiger partial charge in [0.1, 0.15) is 23.3 Å². The molecule has 0 aliphatic carbocycles. The fourth-order valence-electron chi connectivity index (χ4n) is 3.97. The zero-order chi connectivity index (χ0) is 23.7. The molecule has 1 saturated heterocycles. The fraction of sp³-hybridized carbons (Fsp3) is 0.231. The Morgan fingerprint density at radius 2 is 1.91 bits per heavy atom. The maximum absolute atomic E-state index is 13.2. The molecule has 1 atom stereocenters. The molecule has 1 amide bonds. The molecule has 2 heterocycles. The van der Waals surface area contributed by atoms with Gasteiger partial charge in [0, 0.05) is 16.3 Å². The minimum absolute atomic E-state index is 0.0454. The summed E-state index contributed by atoms with van der Waals surface area (Å²) in [6.45, 7) is 6.28. The molecule has 2 aromatic carbocycles. The molecule has 0 radical (unpaired) electrons. The zero-order valence-electron chi connectivity index (χ0n) is 18.6. The quantitative estimate of drug-likeness (QED) is 0.276. The Hall–Kier alpha value is -3.51. The van der Waals surface area contributed by atoms with E-state index in [1.807, 2.05) is 20.8 Å². The lowest BCUT2D eigenvalue weighted by molar-refractivity contribution is -0.132. The van der Waals surface area contributed by atoms with Gasteiger partial charge in [-0.05, 0) is 73.9 Å². The first-order chi connectivity index (χ1) is 15.8. The van der Waals surface area contributed by atoms with Crippen LogP contribution in [0.2, 0.25) is 5.02 Å². The van der Waals surface area contributed by atoms with Crippen LogP contribution in [0.25, 0.3) is 5.76 Å². The summed E-state index contributed by atoms with van der Waals surface area (Å²) in [5.41, 5.74) is 2.40. The standard InChI is InChI=1S/C26H24ClNO5/c1-4-11-32-20-10-8-17(13-16(20)3)24(29)22-23(21-6-5-12-33-21)28(26(31)25(22)30)19-14-18(27)9-7-15(19)2/h5-10,12-14,23,29H,4,11H2,1-3H3/b24-22-. The predicted octanol–water partition coefficient (Wildman–Crippen LogP) is 5.96. The molecule has 7 heteroatoms. The van der Waals surface area contributed by atoms with E-state index in [0.29, 0.717) is 34.4 Å². The number of halogens is 1. The lowest BCUT2D eigenvalue weighted by Gasteiger charge is -2.25. The van der Waals surface area contributed by atoms with E-state index in [-0.39, 0.29) is 11.3 Å². The summed E-state index contributed by atoms with van der Waals surface area (Å²) in [5.74, 6) is -0.775. The van der Waals surface area contributed by atoms with Gasteiger partial charge in [0.25, 0.3) is 11.7 Å². The highest BCUT2D eigenvalue weighted by atomic mass is 35.5. The summed E-state index contributed by atoms with van der Waals surface area (Å²) >= 11 is 6.20. The van der Waals surface area contributed by atoms with Crippen molar-refractivity contribution in [3.05, 3.63) is 87.8 Å². The second-order valence-corrected chi connectivity index (χ2v) is 8.38. The van der Waals surface area contributed by atoms with E-state index in [4.69, 9.17) is 20.8 Å². The Kier molecular flexibility index (Phi) is 6.29. The number of ketones is 1. The average molecular weight is 466 g/mol. The van der Waals surface area contributed by atoms with Gasteiger partial charge in [0.2, 0.25) is 0 Å². The van der Waals surface area contributed by atoms with Crippen LogP contribution >= 0.6 is 11.6 Å². The second kappa shape index (κ2) is 9.16. The highest BCUT2D eigenvalue weighted by Crippen LogP contribution is 2.44. The minimum atomic E-state index is -0.937. The average Bonchev–Trinajstić information content (AvgIpc) is 3.41. The minimum Gasteiger partial charge on any atom is -0.507 e. The third kappa shape index (κ3) is 4.14. The van der Waals surface area contributed by atoms with Gasteiger partial charge in [-0.2, -0.15) is 0 Å². The van der Waals surface area contributed by atoms with E-state index in [1.54, 1.807) is 48.5 Å². The largest absolute Gasteiger partial charge is 0.507 e. The maximum atomic E-state index is 13.2. The van der Waals surface area contributed by atoms with E-state index in [9.17, 15) is 14.7 Å². The van der Waals surface area contributed by atoms with Gasteiger partial charge >= 0.3 is 0 Å². The van der Waals surface area contributed by atoms with Crippen molar-refractivity contribution in [3.8, 4) is 5.75 Å². The molecule has 1 aliphatic heterocycles. The van der Waals surface area contributed by atoms with Crippen LogP contribution in [0.1, 0.15) is 41.8 Å². The molecule has 0 bridgehead atoms. The van der Waals surface area contributed by atoms with Crippen LogP contribution in [-0.2, 0) is 9.59 Å². The Bertz CT molecular complexity index is 1250. The van der Waals surface area contributed by atoms with Gasteiger partial charge < -0.3 is 14.3 Å². The van der Waals surface area contributed by atoms with Gasteiger partial charge in [0.15, 0.2) is 0 Å². The molecule has 1 aromatic heterocycles. The number of aliphatic hydroxyl groups is 1. The fourth-order valence-corrected chi connectivity index (χ4v) is 4.13. The first-order valence-corrected chi connectivity index (χ1v) is 11.1. The number of carbonyl (C=O) groups is 2. The number of benzene rings is 2. The molecule has 1 unspecified atom stereocenters. The number of ether oxygens (including phenoxy) is 1.